The Balaban J connectivity index is 2.69. The number of hydrogen-bond donors (Lipinski definition) is 0. The maximum Gasteiger partial charge on any atom is 0.226 e. The van der Waals surface area contributed by atoms with E-state index in [2.05, 4.69) is 13.8 Å². The fourth-order valence-corrected chi connectivity index (χ4v) is 1.98. The minimum Gasteiger partial charge on any atom is -0.338 e. The predicted octanol–water partition coefficient (Wildman–Crippen LogP) is 1.73. The Morgan fingerprint density at radius 2 is 2.00 bits per heavy atom. The Bertz CT molecular complexity index is 183. The van der Waals surface area contributed by atoms with Gasteiger partial charge >= 0.3 is 0 Å². The fraction of sp³-hybridized carbons (Fsp3) is 0.889. The molecule has 0 bridgehead atoms. The lowest BCUT2D eigenvalue weighted by molar-refractivity contribution is -0.131. The number of carbonyl (C=O) groups excluding carboxylic acids is 1. The van der Waals surface area contributed by atoms with Crippen LogP contribution < -0.4 is 0 Å². The van der Waals surface area contributed by atoms with Gasteiger partial charge in [-0.3, -0.25) is 4.79 Å². The number of likely N-dealkylation sites (tertiary alicyclic amines) is 1. The van der Waals surface area contributed by atoms with Gasteiger partial charge in [-0.05, 0) is 12.8 Å². The van der Waals surface area contributed by atoms with E-state index in [0.717, 1.165) is 0 Å². The Morgan fingerprint density at radius 3 is 2.33 bits per heavy atom. The van der Waals surface area contributed by atoms with Crippen LogP contribution in [0.4, 0.5) is 0 Å². The van der Waals surface area contributed by atoms with Crippen molar-refractivity contribution in [2.75, 3.05) is 12.4 Å². The molecule has 3 unspecified atom stereocenters. The Hall–Kier alpha value is -0.240. The molecule has 1 aliphatic heterocycles. The number of amides is 1. The first-order chi connectivity index (χ1) is 5.59. The lowest BCUT2D eigenvalue weighted by Crippen LogP contribution is -2.34. The summed E-state index contributed by atoms with van der Waals surface area (Å²) in [6, 6.07) is 0.353. The molecule has 1 aliphatic rings. The first-order valence-electron chi connectivity index (χ1n) is 4.46. The number of rotatable bonds is 2. The van der Waals surface area contributed by atoms with Gasteiger partial charge in [-0.25, -0.2) is 0 Å². The Morgan fingerprint density at radius 1 is 1.42 bits per heavy atom. The summed E-state index contributed by atoms with van der Waals surface area (Å²) in [5, 5.41) is 0. The average Bonchev–Trinajstić information content (AvgIpc) is 2.23. The topological polar surface area (TPSA) is 20.3 Å². The molecule has 1 amide bonds. The summed E-state index contributed by atoms with van der Waals surface area (Å²) in [7, 11) is 0. The van der Waals surface area contributed by atoms with Crippen LogP contribution in [0.15, 0.2) is 0 Å². The van der Waals surface area contributed by atoms with Crippen LogP contribution in [0.1, 0.15) is 20.8 Å². The van der Waals surface area contributed by atoms with Crippen LogP contribution in [0, 0.1) is 11.8 Å². The smallest absolute Gasteiger partial charge is 0.226 e. The number of halogens is 1. The molecule has 0 aromatic heterocycles. The molecule has 0 aromatic carbocycles. The van der Waals surface area contributed by atoms with E-state index in [4.69, 9.17) is 11.6 Å². The van der Waals surface area contributed by atoms with Crippen molar-refractivity contribution in [1.29, 1.82) is 0 Å². The SMILES string of the molecule is CC1C(=O)N(CCCl)C(C)C1C. The molecule has 0 radical (unpaired) electrons. The highest BCUT2D eigenvalue weighted by Gasteiger charge is 2.39. The highest BCUT2D eigenvalue weighted by Crippen LogP contribution is 2.29. The lowest BCUT2D eigenvalue weighted by atomic mass is 9.95. The van der Waals surface area contributed by atoms with Crippen LogP contribution in [-0.2, 0) is 4.79 Å². The zero-order chi connectivity index (χ0) is 9.30. The van der Waals surface area contributed by atoms with E-state index < -0.39 is 0 Å². The van der Waals surface area contributed by atoms with E-state index in [1.54, 1.807) is 0 Å². The van der Waals surface area contributed by atoms with Crippen LogP contribution in [-0.4, -0.2) is 29.3 Å². The third kappa shape index (κ3) is 1.45. The molecular weight excluding hydrogens is 174 g/mol. The van der Waals surface area contributed by atoms with Gasteiger partial charge in [0.1, 0.15) is 0 Å². The highest BCUT2D eigenvalue weighted by molar-refractivity contribution is 6.18. The largest absolute Gasteiger partial charge is 0.338 e. The molecular formula is C9H16ClNO. The second-order valence-electron chi connectivity index (χ2n) is 3.61. The molecule has 0 spiro atoms. The molecule has 2 nitrogen and oxygen atoms in total. The molecule has 12 heavy (non-hydrogen) atoms. The van der Waals surface area contributed by atoms with Crippen molar-refractivity contribution in [2.24, 2.45) is 11.8 Å². The predicted molar refractivity (Wildman–Crippen MR) is 50.2 cm³/mol. The molecule has 0 aliphatic carbocycles. The van der Waals surface area contributed by atoms with Gasteiger partial charge in [-0.2, -0.15) is 0 Å². The highest BCUT2D eigenvalue weighted by atomic mass is 35.5. The maximum absolute atomic E-state index is 11.6. The molecule has 1 fully saturated rings. The van der Waals surface area contributed by atoms with E-state index in [0.29, 0.717) is 24.4 Å². The van der Waals surface area contributed by atoms with Crippen LogP contribution in [0.5, 0.6) is 0 Å². The van der Waals surface area contributed by atoms with Crippen LogP contribution in [0.3, 0.4) is 0 Å². The third-order valence-corrected chi connectivity index (χ3v) is 3.21. The second kappa shape index (κ2) is 3.65. The molecule has 70 valence electrons. The van der Waals surface area contributed by atoms with Crippen molar-refractivity contribution in [1.82, 2.24) is 4.90 Å². The maximum atomic E-state index is 11.6. The molecule has 1 rings (SSSR count). The minimum absolute atomic E-state index is 0.170. The van der Waals surface area contributed by atoms with Gasteiger partial charge in [-0.15, -0.1) is 11.6 Å². The van der Waals surface area contributed by atoms with Gasteiger partial charge in [0.05, 0.1) is 0 Å². The molecule has 0 N–H and O–H groups in total. The summed E-state index contributed by atoms with van der Waals surface area (Å²) in [5.74, 6) is 1.43. The quantitative estimate of drug-likeness (QED) is 0.606. The van der Waals surface area contributed by atoms with E-state index >= 15 is 0 Å². The van der Waals surface area contributed by atoms with E-state index in [-0.39, 0.29) is 11.8 Å². The van der Waals surface area contributed by atoms with Crippen molar-refractivity contribution < 1.29 is 4.79 Å². The Labute approximate surface area is 78.9 Å². The van der Waals surface area contributed by atoms with Gasteiger partial charge in [0, 0.05) is 24.4 Å². The number of alkyl halides is 1. The summed E-state index contributed by atoms with van der Waals surface area (Å²) in [4.78, 5) is 13.5. The second-order valence-corrected chi connectivity index (χ2v) is 3.99. The fourth-order valence-electron chi connectivity index (χ4n) is 1.79. The van der Waals surface area contributed by atoms with Gasteiger partial charge < -0.3 is 4.90 Å². The van der Waals surface area contributed by atoms with Crippen molar-refractivity contribution >= 4 is 17.5 Å². The van der Waals surface area contributed by atoms with E-state index in [1.807, 2.05) is 11.8 Å². The van der Waals surface area contributed by atoms with Gasteiger partial charge in [0.15, 0.2) is 0 Å². The standard InChI is InChI=1S/C9H16ClNO/c1-6-7(2)9(12)11(5-4-10)8(6)3/h6-8H,4-5H2,1-3H3. The number of carbonyl (C=O) groups is 1. The number of nitrogens with zero attached hydrogens (tertiary/aromatic N) is 1. The van der Waals surface area contributed by atoms with E-state index in [1.165, 1.54) is 0 Å². The van der Waals surface area contributed by atoms with Crippen LogP contribution >= 0.6 is 11.6 Å². The van der Waals surface area contributed by atoms with Crippen LogP contribution in [0.2, 0.25) is 0 Å². The van der Waals surface area contributed by atoms with Crippen LogP contribution in [0.25, 0.3) is 0 Å². The van der Waals surface area contributed by atoms with Gasteiger partial charge in [0.2, 0.25) is 5.91 Å². The van der Waals surface area contributed by atoms with Crippen molar-refractivity contribution in [2.45, 2.75) is 26.8 Å². The Kier molecular flexibility index (Phi) is 2.99. The molecule has 3 heteroatoms. The summed E-state index contributed by atoms with van der Waals surface area (Å²) < 4.78 is 0. The van der Waals surface area contributed by atoms with Crippen molar-refractivity contribution in [3.05, 3.63) is 0 Å². The molecule has 1 heterocycles. The third-order valence-electron chi connectivity index (χ3n) is 3.04. The van der Waals surface area contributed by atoms with E-state index in [9.17, 15) is 4.79 Å². The number of hydrogen-bond acceptors (Lipinski definition) is 1. The molecule has 0 saturated carbocycles. The first kappa shape index (κ1) is 9.85. The summed E-state index contributed by atoms with van der Waals surface area (Å²) in [6.07, 6.45) is 0. The summed E-state index contributed by atoms with van der Waals surface area (Å²) in [5.41, 5.74) is 0. The minimum atomic E-state index is 0.170. The first-order valence-corrected chi connectivity index (χ1v) is 4.99. The average molecular weight is 190 g/mol. The zero-order valence-electron chi connectivity index (χ0n) is 7.88. The normalized spacial score (nSPS) is 36.2. The molecule has 0 aromatic rings. The van der Waals surface area contributed by atoms with Gasteiger partial charge in [-0.1, -0.05) is 13.8 Å². The molecule has 1 saturated heterocycles. The van der Waals surface area contributed by atoms with Gasteiger partial charge in [0.25, 0.3) is 0 Å². The van der Waals surface area contributed by atoms with Crippen molar-refractivity contribution in [3.63, 3.8) is 0 Å². The summed E-state index contributed by atoms with van der Waals surface area (Å²) >= 11 is 5.61. The molecule has 3 atom stereocenters. The summed E-state index contributed by atoms with van der Waals surface area (Å²) in [6.45, 7) is 6.91. The monoisotopic (exact) mass is 189 g/mol. The lowest BCUT2D eigenvalue weighted by Gasteiger charge is -2.21. The zero-order valence-corrected chi connectivity index (χ0v) is 8.64. The van der Waals surface area contributed by atoms with Crippen molar-refractivity contribution in [3.8, 4) is 0 Å².